The van der Waals surface area contributed by atoms with Crippen LogP contribution in [0.1, 0.15) is 84.5 Å². The molecule has 1 saturated heterocycles. The fraction of sp³-hybridized carbons (Fsp3) is 0.941. The Morgan fingerprint density at radius 1 is 1.14 bits per heavy atom. The van der Waals surface area contributed by atoms with Gasteiger partial charge in [0.15, 0.2) is 5.79 Å². The molecule has 0 saturated carbocycles. The van der Waals surface area contributed by atoms with E-state index in [0.717, 1.165) is 6.42 Å². The number of unbranched alkanes of at least 4 members (excludes halogenated alkanes) is 7. The van der Waals surface area contributed by atoms with Crippen LogP contribution in [-0.4, -0.2) is 24.5 Å². The SMILES string of the molecule is CCCCCCCCCCC1COC(C)(CCC(=O)[O-])O1.[Na+]. The smallest absolute Gasteiger partial charge is 0.550 e. The topological polar surface area (TPSA) is 58.6 Å². The Kier molecular flexibility index (Phi) is 13.0. The summed E-state index contributed by atoms with van der Waals surface area (Å²) < 4.78 is 11.5. The number of carbonyl (C=O) groups excluding carboxylic acids is 1. The molecule has 2 unspecified atom stereocenters. The van der Waals surface area contributed by atoms with Crippen molar-refractivity contribution in [1.82, 2.24) is 0 Å². The average Bonchev–Trinajstić information content (AvgIpc) is 2.82. The van der Waals surface area contributed by atoms with Gasteiger partial charge in [0, 0.05) is 12.4 Å². The first-order valence-corrected chi connectivity index (χ1v) is 8.57. The number of carboxylic acids is 1. The van der Waals surface area contributed by atoms with Gasteiger partial charge in [-0.25, -0.2) is 0 Å². The third-order valence-corrected chi connectivity index (χ3v) is 4.15. The molecule has 1 rings (SSSR count). The van der Waals surface area contributed by atoms with E-state index >= 15 is 0 Å². The third kappa shape index (κ3) is 10.2. The summed E-state index contributed by atoms with van der Waals surface area (Å²) in [5.74, 6) is -1.78. The van der Waals surface area contributed by atoms with E-state index in [9.17, 15) is 9.90 Å². The van der Waals surface area contributed by atoms with Gasteiger partial charge in [0.25, 0.3) is 0 Å². The molecule has 4 nitrogen and oxygen atoms in total. The molecule has 1 aliphatic rings. The van der Waals surface area contributed by atoms with Gasteiger partial charge >= 0.3 is 29.6 Å². The summed E-state index contributed by atoms with van der Waals surface area (Å²) in [5.41, 5.74) is 0. The molecular weight excluding hydrogens is 291 g/mol. The number of hydrogen-bond acceptors (Lipinski definition) is 4. The van der Waals surface area contributed by atoms with Crippen LogP contribution in [0.25, 0.3) is 0 Å². The van der Waals surface area contributed by atoms with Crippen LogP contribution < -0.4 is 34.7 Å². The largest absolute Gasteiger partial charge is 1.00 e. The van der Waals surface area contributed by atoms with Gasteiger partial charge in [-0.15, -0.1) is 0 Å². The minimum atomic E-state index is -1.05. The zero-order valence-corrected chi connectivity index (χ0v) is 16.7. The molecule has 0 aromatic heterocycles. The summed E-state index contributed by atoms with van der Waals surface area (Å²) in [7, 11) is 0. The van der Waals surface area contributed by atoms with Crippen molar-refractivity contribution in [1.29, 1.82) is 0 Å². The Morgan fingerprint density at radius 2 is 1.73 bits per heavy atom. The van der Waals surface area contributed by atoms with Gasteiger partial charge in [-0.1, -0.05) is 58.3 Å². The summed E-state index contributed by atoms with van der Waals surface area (Å²) in [5, 5.41) is 10.5. The van der Waals surface area contributed by atoms with E-state index in [-0.39, 0.29) is 42.1 Å². The minimum absolute atomic E-state index is 0. The maximum Gasteiger partial charge on any atom is 1.00 e. The van der Waals surface area contributed by atoms with Crippen molar-refractivity contribution in [2.24, 2.45) is 0 Å². The predicted molar refractivity (Wildman–Crippen MR) is 80.7 cm³/mol. The summed E-state index contributed by atoms with van der Waals surface area (Å²) in [6, 6.07) is 0. The van der Waals surface area contributed by atoms with Crippen molar-refractivity contribution in [3.8, 4) is 0 Å². The van der Waals surface area contributed by atoms with E-state index in [1.807, 2.05) is 6.92 Å². The molecule has 5 heteroatoms. The van der Waals surface area contributed by atoms with Crippen LogP contribution in [-0.2, 0) is 14.3 Å². The fourth-order valence-corrected chi connectivity index (χ4v) is 2.80. The minimum Gasteiger partial charge on any atom is -0.550 e. The Hall–Kier alpha value is 0.390. The number of carboxylic acid groups (broad SMARTS) is 1. The molecule has 2 atom stereocenters. The molecule has 1 fully saturated rings. The second-order valence-corrected chi connectivity index (χ2v) is 6.32. The van der Waals surface area contributed by atoms with Crippen LogP contribution >= 0.6 is 0 Å². The normalized spacial score (nSPS) is 24.2. The molecule has 22 heavy (non-hydrogen) atoms. The van der Waals surface area contributed by atoms with E-state index < -0.39 is 11.8 Å². The van der Waals surface area contributed by atoms with Gasteiger partial charge in [0.1, 0.15) is 0 Å². The van der Waals surface area contributed by atoms with Crippen molar-refractivity contribution in [2.45, 2.75) is 96.4 Å². The Labute approximate surface area is 157 Å². The van der Waals surface area contributed by atoms with Gasteiger partial charge in [-0.2, -0.15) is 0 Å². The molecule has 124 valence electrons. The van der Waals surface area contributed by atoms with Gasteiger partial charge in [-0.3, -0.25) is 0 Å². The van der Waals surface area contributed by atoms with Crippen LogP contribution in [0.5, 0.6) is 0 Å². The zero-order chi connectivity index (χ0) is 15.6. The standard InChI is InChI=1S/C17H32O4.Na/c1-3-4-5-6-7-8-9-10-11-15-14-20-17(2,21-15)13-12-16(18)19;/h15H,3-14H2,1-2H3,(H,18,19);/q;+1/p-1. The van der Waals surface area contributed by atoms with Crippen molar-refractivity contribution in [2.75, 3.05) is 6.61 Å². The van der Waals surface area contributed by atoms with Gasteiger partial charge in [0.05, 0.1) is 12.7 Å². The van der Waals surface area contributed by atoms with Gasteiger partial charge in [0.2, 0.25) is 0 Å². The van der Waals surface area contributed by atoms with Crippen LogP contribution in [0.2, 0.25) is 0 Å². The first-order chi connectivity index (χ1) is 10.1. The Bertz CT molecular complexity index is 298. The molecule has 0 N–H and O–H groups in total. The molecule has 0 bridgehead atoms. The molecule has 0 aromatic carbocycles. The van der Waals surface area contributed by atoms with Crippen molar-refractivity contribution >= 4 is 5.97 Å². The van der Waals surface area contributed by atoms with E-state index in [0.29, 0.717) is 13.0 Å². The molecule has 0 radical (unpaired) electrons. The van der Waals surface area contributed by atoms with Crippen LogP contribution in [0.15, 0.2) is 0 Å². The predicted octanol–water partition coefficient (Wildman–Crippen LogP) is 0.183. The molecule has 0 amide bonds. The second-order valence-electron chi connectivity index (χ2n) is 6.32. The van der Waals surface area contributed by atoms with Crippen molar-refractivity contribution in [3.63, 3.8) is 0 Å². The van der Waals surface area contributed by atoms with E-state index in [4.69, 9.17) is 9.47 Å². The first-order valence-electron chi connectivity index (χ1n) is 8.57. The Morgan fingerprint density at radius 3 is 2.32 bits per heavy atom. The maximum absolute atomic E-state index is 10.5. The summed E-state index contributed by atoms with van der Waals surface area (Å²) >= 11 is 0. The van der Waals surface area contributed by atoms with E-state index in [1.165, 1.54) is 51.4 Å². The average molecular weight is 322 g/mol. The first kappa shape index (κ1) is 22.4. The number of ether oxygens (including phenoxy) is 2. The van der Waals surface area contributed by atoms with Gasteiger partial charge in [-0.05, 0) is 19.8 Å². The summed E-state index contributed by atoms with van der Waals surface area (Å²) in [6.07, 6.45) is 11.9. The molecule has 0 aromatic rings. The molecule has 0 aliphatic carbocycles. The molecular formula is C17H31NaO4. The number of hydrogen-bond donors (Lipinski definition) is 0. The fourth-order valence-electron chi connectivity index (χ4n) is 2.80. The maximum atomic E-state index is 10.5. The Balaban J connectivity index is 0.00000441. The van der Waals surface area contributed by atoms with Crippen LogP contribution in [0, 0.1) is 0 Å². The summed E-state index contributed by atoms with van der Waals surface area (Å²) in [6.45, 7) is 4.65. The van der Waals surface area contributed by atoms with Crippen molar-refractivity contribution < 1.29 is 48.9 Å². The molecule has 1 aliphatic heterocycles. The second kappa shape index (κ2) is 12.8. The van der Waals surface area contributed by atoms with Crippen LogP contribution in [0.3, 0.4) is 0 Å². The zero-order valence-electron chi connectivity index (χ0n) is 14.7. The third-order valence-electron chi connectivity index (χ3n) is 4.15. The van der Waals surface area contributed by atoms with Gasteiger partial charge < -0.3 is 19.4 Å². The number of rotatable bonds is 12. The quantitative estimate of drug-likeness (QED) is 0.380. The van der Waals surface area contributed by atoms with E-state index in [2.05, 4.69) is 6.92 Å². The van der Waals surface area contributed by atoms with E-state index in [1.54, 1.807) is 0 Å². The number of carbonyl (C=O) groups is 1. The molecule has 1 heterocycles. The summed E-state index contributed by atoms with van der Waals surface area (Å²) in [4.78, 5) is 10.5. The molecule has 0 spiro atoms. The van der Waals surface area contributed by atoms with Crippen LogP contribution in [0.4, 0.5) is 0 Å². The monoisotopic (exact) mass is 322 g/mol. The number of aliphatic carboxylic acids is 1. The van der Waals surface area contributed by atoms with Crippen molar-refractivity contribution in [3.05, 3.63) is 0 Å².